The lowest BCUT2D eigenvalue weighted by Gasteiger charge is -2.34. The van der Waals surface area contributed by atoms with Crippen LogP contribution in [0.4, 0.5) is 0 Å². The Morgan fingerprint density at radius 3 is 2.52 bits per heavy atom. The first kappa shape index (κ1) is 18.9. The molecule has 0 aromatic heterocycles. The molecule has 1 N–H and O–H groups in total. The molecule has 0 radical (unpaired) electrons. The molecule has 3 aromatic carbocycles. The molecule has 1 aliphatic rings. The third-order valence-corrected chi connectivity index (χ3v) is 5.20. The molecule has 148 valence electrons. The molecule has 5 heteroatoms. The van der Waals surface area contributed by atoms with Crippen molar-refractivity contribution in [1.82, 2.24) is 0 Å². The van der Waals surface area contributed by atoms with Crippen molar-refractivity contribution in [2.24, 2.45) is 0 Å². The molecule has 0 aliphatic carbocycles. The van der Waals surface area contributed by atoms with Crippen LogP contribution in [0.25, 0.3) is 0 Å². The Bertz CT molecular complexity index is 982. The Hall–Kier alpha value is -3.47. The second-order valence-corrected chi connectivity index (χ2v) is 6.96. The monoisotopic (exact) mass is 390 g/mol. The van der Waals surface area contributed by atoms with Crippen molar-refractivity contribution < 1.29 is 24.1 Å². The molecule has 2 atom stereocenters. The Morgan fingerprint density at radius 2 is 1.79 bits per heavy atom. The summed E-state index contributed by atoms with van der Waals surface area (Å²) in [6, 6.07) is 23.3. The van der Waals surface area contributed by atoms with Crippen LogP contribution in [0.1, 0.15) is 28.5 Å². The zero-order chi connectivity index (χ0) is 20.2. The van der Waals surface area contributed by atoms with Crippen LogP contribution >= 0.6 is 0 Å². The number of phenols is 1. The van der Waals surface area contributed by atoms with Crippen LogP contribution in [0.3, 0.4) is 0 Å². The Kier molecular flexibility index (Phi) is 5.38. The lowest BCUT2D eigenvalue weighted by molar-refractivity contribution is -0.142. The van der Waals surface area contributed by atoms with Gasteiger partial charge in [-0.2, -0.15) is 0 Å². The molecular formula is C24H22O5. The van der Waals surface area contributed by atoms with E-state index in [1.54, 1.807) is 12.1 Å². The largest absolute Gasteiger partial charge is 0.508 e. The second kappa shape index (κ2) is 8.27. The fourth-order valence-electron chi connectivity index (χ4n) is 3.77. The number of rotatable bonds is 5. The maximum atomic E-state index is 11.3. The fraction of sp³-hybridized carbons (Fsp3) is 0.208. The van der Waals surface area contributed by atoms with Gasteiger partial charge in [-0.15, -0.1) is 0 Å². The summed E-state index contributed by atoms with van der Waals surface area (Å²) >= 11 is 0. The molecule has 4 rings (SSSR count). The van der Waals surface area contributed by atoms with Crippen LogP contribution in [0.2, 0.25) is 0 Å². The van der Waals surface area contributed by atoms with Gasteiger partial charge in [0.25, 0.3) is 0 Å². The van der Waals surface area contributed by atoms with Crippen molar-refractivity contribution in [2.45, 2.75) is 11.8 Å². The first-order chi connectivity index (χ1) is 14.2. The average Bonchev–Trinajstić information content (AvgIpc) is 2.77. The van der Waals surface area contributed by atoms with E-state index in [1.807, 2.05) is 48.5 Å². The van der Waals surface area contributed by atoms with E-state index in [9.17, 15) is 9.90 Å². The van der Waals surface area contributed by atoms with Gasteiger partial charge in [0.05, 0.1) is 13.7 Å². The highest BCUT2D eigenvalue weighted by Gasteiger charge is 2.33. The van der Waals surface area contributed by atoms with Gasteiger partial charge in [-0.1, -0.05) is 48.5 Å². The summed E-state index contributed by atoms with van der Waals surface area (Å²) in [5, 5.41) is 9.85. The molecule has 0 amide bonds. The summed E-state index contributed by atoms with van der Waals surface area (Å²) in [5.74, 6) is 1.27. The molecule has 1 heterocycles. The van der Waals surface area contributed by atoms with Crippen LogP contribution in [0.5, 0.6) is 17.2 Å². The quantitative estimate of drug-likeness (QED) is 0.660. The molecule has 0 saturated heterocycles. The number of hydrogen-bond donors (Lipinski definition) is 1. The highest BCUT2D eigenvalue weighted by Crippen LogP contribution is 2.47. The van der Waals surface area contributed by atoms with Crippen molar-refractivity contribution in [3.63, 3.8) is 0 Å². The third kappa shape index (κ3) is 4.04. The van der Waals surface area contributed by atoms with Crippen molar-refractivity contribution >= 4 is 5.97 Å². The lowest BCUT2D eigenvalue weighted by Crippen LogP contribution is -2.25. The molecular weight excluding hydrogens is 368 g/mol. The molecule has 5 nitrogen and oxygen atoms in total. The number of carbonyl (C=O) groups is 1. The smallest absolute Gasteiger partial charge is 0.343 e. The summed E-state index contributed by atoms with van der Waals surface area (Å²) in [6.07, 6.45) is 0. The van der Waals surface area contributed by atoms with Gasteiger partial charge in [-0.3, -0.25) is 0 Å². The maximum absolute atomic E-state index is 11.3. The minimum atomic E-state index is -0.420. The molecule has 3 aromatic rings. The fourth-order valence-corrected chi connectivity index (χ4v) is 3.77. The van der Waals surface area contributed by atoms with Gasteiger partial charge in [-0.25, -0.2) is 4.79 Å². The van der Waals surface area contributed by atoms with Crippen LogP contribution in [-0.2, 0) is 9.53 Å². The molecule has 0 bridgehead atoms. The maximum Gasteiger partial charge on any atom is 0.343 e. The number of carbonyl (C=O) groups excluding carboxylic acids is 1. The van der Waals surface area contributed by atoms with Crippen molar-refractivity contribution in [3.8, 4) is 17.2 Å². The summed E-state index contributed by atoms with van der Waals surface area (Å²) in [4.78, 5) is 11.3. The highest BCUT2D eigenvalue weighted by molar-refractivity contribution is 5.70. The predicted octanol–water partition coefficient (Wildman–Crippen LogP) is 4.25. The normalized spacial score (nSPS) is 17.7. The lowest BCUT2D eigenvalue weighted by atomic mass is 9.76. The minimum absolute atomic E-state index is 0.0661. The number of methoxy groups -OCH3 is 1. The van der Waals surface area contributed by atoms with Gasteiger partial charge in [-0.05, 0) is 29.3 Å². The Morgan fingerprint density at radius 1 is 1.03 bits per heavy atom. The molecule has 0 saturated carbocycles. The number of ether oxygens (including phenoxy) is 3. The van der Waals surface area contributed by atoms with Crippen LogP contribution in [0.15, 0.2) is 72.8 Å². The van der Waals surface area contributed by atoms with E-state index in [-0.39, 0.29) is 24.2 Å². The van der Waals surface area contributed by atoms with E-state index < -0.39 is 5.97 Å². The molecule has 0 unspecified atom stereocenters. The van der Waals surface area contributed by atoms with Crippen LogP contribution in [0, 0.1) is 0 Å². The van der Waals surface area contributed by atoms with Crippen molar-refractivity contribution in [3.05, 3.63) is 89.5 Å². The first-order valence-corrected chi connectivity index (χ1v) is 9.46. The average molecular weight is 390 g/mol. The third-order valence-electron chi connectivity index (χ3n) is 5.20. The highest BCUT2D eigenvalue weighted by atomic mass is 16.6. The minimum Gasteiger partial charge on any atom is -0.508 e. The van der Waals surface area contributed by atoms with E-state index in [2.05, 4.69) is 16.9 Å². The number of aromatic hydroxyl groups is 1. The van der Waals surface area contributed by atoms with E-state index >= 15 is 0 Å². The van der Waals surface area contributed by atoms with Crippen molar-refractivity contribution in [2.75, 3.05) is 20.3 Å². The number of esters is 1. The van der Waals surface area contributed by atoms with Gasteiger partial charge < -0.3 is 19.3 Å². The number of fused-ring (bicyclic) bond motifs is 1. The molecule has 0 spiro atoms. The molecule has 29 heavy (non-hydrogen) atoms. The Balaban J connectivity index is 1.68. The standard InChI is InChI=1S/C24H22O5/c1-27-23(26)15-28-19-10-7-17(8-11-19)24-20-12-9-18(25)13-22(20)29-14-21(24)16-5-3-2-4-6-16/h2-13,21,24-25H,14-15H2,1H3/t21-,24+/m0/s1. The van der Waals surface area contributed by atoms with E-state index in [0.717, 1.165) is 11.1 Å². The first-order valence-electron chi connectivity index (χ1n) is 9.46. The SMILES string of the molecule is COC(=O)COc1ccc([C@@H]2c3ccc(O)cc3OC[C@H]2c2ccccc2)cc1. The summed E-state index contributed by atoms with van der Waals surface area (Å²) in [6.45, 7) is 0.396. The van der Waals surface area contributed by atoms with E-state index in [1.165, 1.54) is 12.7 Å². The summed E-state index contributed by atoms with van der Waals surface area (Å²) < 4.78 is 16.1. The topological polar surface area (TPSA) is 65.0 Å². The summed E-state index contributed by atoms with van der Waals surface area (Å²) in [7, 11) is 1.33. The van der Waals surface area contributed by atoms with E-state index in [0.29, 0.717) is 18.1 Å². The number of benzene rings is 3. The predicted molar refractivity (Wildman–Crippen MR) is 109 cm³/mol. The molecule has 1 aliphatic heterocycles. The van der Waals surface area contributed by atoms with Crippen molar-refractivity contribution in [1.29, 1.82) is 0 Å². The second-order valence-electron chi connectivity index (χ2n) is 6.96. The van der Waals surface area contributed by atoms with Gasteiger partial charge in [0.2, 0.25) is 0 Å². The number of hydrogen-bond acceptors (Lipinski definition) is 5. The van der Waals surface area contributed by atoms with Gasteiger partial charge >= 0.3 is 5.97 Å². The van der Waals surface area contributed by atoms with Gasteiger partial charge in [0.15, 0.2) is 6.61 Å². The zero-order valence-corrected chi connectivity index (χ0v) is 16.1. The number of phenolic OH excluding ortho intramolecular Hbond substituents is 1. The molecule has 0 fully saturated rings. The summed E-state index contributed by atoms with van der Waals surface area (Å²) in [5.41, 5.74) is 3.34. The Labute approximate surface area is 169 Å². The van der Waals surface area contributed by atoms with Crippen LogP contribution < -0.4 is 9.47 Å². The van der Waals surface area contributed by atoms with Crippen LogP contribution in [-0.4, -0.2) is 31.4 Å². The zero-order valence-electron chi connectivity index (χ0n) is 16.1. The van der Waals surface area contributed by atoms with Gasteiger partial charge in [0, 0.05) is 23.5 Å². The van der Waals surface area contributed by atoms with E-state index in [4.69, 9.17) is 9.47 Å². The van der Waals surface area contributed by atoms with Gasteiger partial charge in [0.1, 0.15) is 17.2 Å².